The summed E-state index contributed by atoms with van der Waals surface area (Å²) in [5, 5.41) is 2.71. The van der Waals surface area contributed by atoms with Crippen molar-refractivity contribution >= 4 is 17.5 Å². The predicted molar refractivity (Wildman–Crippen MR) is 100 cm³/mol. The second-order valence-electron chi connectivity index (χ2n) is 7.51. The third-order valence-corrected chi connectivity index (χ3v) is 5.30. The normalized spacial score (nSPS) is 18.6. The molecule has 27 heavy (non-hydrogen) atoms. The van der Waals surface area contributed by atoms with Gasteiger partial charge in [-0.2, -0.15) is 0 Å². The molecule has 0 aromatic heterocycles. The Hall–Kier alpha value is -2.73. The molecular formula is C21H22FN3O2. The van der Waals surface area contributed by atoms with Gasteiger partial charge in [0.15, 0.2) is 0 Å². The number of hydrogen-bond donors (Lipinski definition) is 1. The van der Waals surface area contributed by atoms with E-state index in [1.54, 1.807) is 11.9 Å². The van der Waals surface area contributed by atoms with Crippen molar-refractivity contribution in [2.45, 2.75) is 32.0 Å². The lowest BCUT2D eigenvalue weighted by molar-refractivity contribution is -0.134. The van der Waals surface area contributed by atoms with Gasteiger partial charge in [-0.3, -0.25) is 14.5 Å². The first-order valence-electron chi connectivity index (χ1n) is 9.04. The number of nitrogens with one attached hydrogen (secondary N) is 1. The van der Waals surface area contributed by atoms with Gasteiger partial charge >= 0.3 is 0 Å². The standard InChI is InChI=1S/C21H22FN3O2/c1-24-11-14-4-3-13(7-15(14)12-24)10-25(2)21(27)18-9-20(26)23-19-6-5-16(22)8-17(18)19/h3-8,18H,9-12H2,1-2H3,(H,23,26). The summed E-state index contributed by atoms with van der Waals surface area (Å²) in [5.74, 6) is -1.46. The van der Waals surface area contributed by atoms with Crippen molar-refractivity contribution < 1.29 is 14.0 Å². The number of amides is 2. The van der Waals surface area contributed by atoms with Gasteiger partial charge in [0.1, 0.15) is 5.82 Å². The van der Waals surface area contributed by atoms with Crippen LogP contribution in [0, 0.1) is 5.82 Å². The van der Waals surface area contributed by atoms with E-state index in [1.165, 1.54) is 29.3 Å². The van der Waals surface area contributed by atoms with Gasteiger partial charge in [-0.05, 0) is 47.5 Å². The molecule has 2 heterocycles. The molecule has 1 N–H and O–H groups in total. The fraction of sp³-hybridized carbons (Fsp3) is 0.333. The van der Waals surface area contributed by atoms with E-state index in [9.17, 15) is 14.0 Å². The molecule has 0 bridgehead atoms. The van der Waals surface area contributed by atoms with E-state index in [0.29, 0.717) is 17.8 Å². The molecule has 1 unspecified atom stereocenters. The Morgan fingerprint density at radius 1 is 1.22 bits per heavy atom. The molecule has 4 rings (SSSR count). The number of anilines is 1. The van der Waals surface area contributed by atoms with Crippen LogP contribution in [0.1, 0.15) is 34.6 Å². The lowest BCUT2D eigenvalue weighted by atomic mass is 9.89. The first-order chi connectivity index (χ1) is 12.9. The van der Waals surface area contributed by atoms with E-state index in [1.807, 2.05) is 6.07 Å². The topological polar surface area (TPSA) is 52.7 Å². The van der Waals surface area contributed by atoms with Crippen molar-refractivity contribution in [3.63, 3.8) is 0 Å². The molecule has 0 spiro atoms. The highest BCUT2D eigenvalue weighted by Gasteiger charge is 2.33. The van der Waals surface area contributed by atoms with E-state index in [4.69, 9.17) is 0 Å². The van der Waals surface area contributed by atoms with Crippen LogP contribution in [-0.2, 0) is 29.2 Å². The summed E-state index contributed by atoms with van der Waals surface area (Å²) < 4.78 is 13.7. The van der Waals surface area contributed by atoms with Crippen LogP contribution >= 0.6 is 0 Å². The smallest absolute Gasteiger partial charge is 0.230 e. The molecule has 2 aliphatic heterocycles. The molecule has 0 fully saturated rings. The molecule has 1 atom stereocenters. The van der Waals surface area contributed by atoms with Gasteiger partial charge in [0.2, 0.25) is 11.8 Å². The highest BCUT2D eigenvalue weighted by Crippen LogP contribution is 2.34. The second-order valence-corrected chi connectivity index (χ2v) is 7.51. The third kappa shape index (κ3) is 3.45. The summed E-state index contributed by atoms with van der Waals surface area (Å²) in [5.41, 5.74) is 4.73. The lowest BCUT2D eigenvalue weighted by Gasteiger charge is -2.28. The van der Waals surface area contributed by atoms with Gasteiger partial charge in [-0.1, -0.05) is 18.2 Å². The number of carbonyl (C=O) groups is 2. The van der Waals surface area contributed by atoms with Crippen LogP contribution in [0.15, 0.2) is 36.4 Å². The fourth-order valence-electron chi connectivity index (χ4n) is 3.99. The second kappa shape index (κ2) is 6.78. The lowest BCUT2D eigenvalue weighted by Crippen LogP contribution is -2.36. The summed E-state index contributed by atoms with van der Waals surface area (Å²) in [6.45, 7) is 2.32. The maximum absolute atomic E-state index is 13.7. The SMILES string of the molecule is CN1Cc2ccc(CN(C)C(=O)C3CC(=O)Nc4ccc(F)cc43)cc2C1. The van der Waals surface area contributed by atoms with Crippen molar-refractivity contribution in [1.29, 1.82) is 0 Å². The first kappa shape index (κ1) is 17.7. The average molecular weight is 367 g/mol. The largest absolute Gasteiger partial charge is 0.341 e. The molecule has 2 aromatic carbocycles. The minimum absolute atomic E-state index is 0.0363. The molecule has 0 saturated carbocycles. The number of benzene rings is 2. The Balaban J connectivity index is 1.54. The van der Waals surface area contributed by atoms with Crippen LogP contribution in [-0.4, -0.2) is 35.7 Å². The Morgan fingerprint density at radius 2 is 2.00 bits per heavy atom. The molecule has 2 amide bonds. The molecular weight excluding hydrogens is 345 g/mol. The number of rotatable bonds is 3. The van der Waals surface area contributed by atoms with Gasteiger partial charge < -0.3 is 10.2 Å². The Labute approximate surface area is 157 Å². The Bertz CT molecular complexity index is 928. The summed E-state index contributed by atoms with van der Waals surface area (Å²) >= 11 is 0. The summed E-state index contributed by atoms with van der Waals surface area (Å²) in [6.07, 6.45) is 0.0363. The molecule has 2 aromatic rings. The zero-order chi connectivity index (χ0) is 19.1. The van der Waals surface area contributed by atoms with Gasteiger partial charge in [0.25, 0.3) is 0 Å². The maximum atomic E-state index is 13.7. The van der Waals surface area contributed by atoms with E-state index in [2.05, 4.69) is 29.4 Å². The minimum atomic E-state index is -0.657. The van der Waals surface area contributed by atoms with Crippen molar-refractivity contribution in [1.82, 2.24) is 9.80 Å². The quantitative estimate of drug-likeness (QED) is 0.908. The van der Waals surface area contributed by atoms with Gasteiger partial charge in [0.05, 0.1) is 5.92 Å². The number of fused-ring (bicyclic) bond motifs is 2. The molecule has 0 aliphatic carbocycles. The molecule has 0 saturated heterocycles. The van der Waals surface area contributed by atoms with Crippen LogP contribution in [0.25, 0.3) is 0 Å². The van der Waals surface area contributed by atoms with E-state index in [0.717, 1.165) is 18.7 Å². The zero-order valence-corrected chi connectivity index (χ0v) is 15.5. The Kier molecular flexibility index (Phi) is 4.44. The highest BCUT2D eigenvalue weighted by molar-refractivity contribution is 6.01. The number of carbonyl (C=O) groups excluding carboxylic acids is 2. The molecule has 5 nitrogen and oxygen atoms in total. The summed E-state index contributed by atoms with van der Waals surface area (Å²) in [6, 6.07) is 10.4. The monoisotopic (exact) mass is 367 g/mol. The zero-order valence-electron chi connectivity index (χ0n) is 15.5. The van der Waals surface area contributed by atoms with Crippen LogP contribution in [0.3, 0.4) is 0 Å². The number of likely N-dealkylation sites (N-methyl/N-ethyl adjacent to an activating group) is 1. The summed E-state index contributed by atoms with van der Waals surface area (Å²) in [4.78, 5) is 28.9. The fourth-order valence-corrected chi connectivity index (χ4v) is 3.99. The van der Waals surface area contributed by atoms with E-state index < -0.39 is 11.7 Å². The molecule has 6 heteroatoms. The van der Waals surface area contributed by atoms with Gasteiger partial charge in [-0.15, -0.1) is 0 Å². The Morgan fingerprint density at radius 3 is 2.81 bits per heavy atom. The van der Waals surface area contributed by atoms with Gasteiger partial charge in [0, 0.05) is 38.8 Å². The van der Waals surface area contributed by atoms with E-state index >= 15 is 0 Å². The predicted octanol–water partition coefficient (Wildman–Crippen LogP) is 2.86. The molecule has 2 aliphatic rings. The average Bonchev–Trinajstić information content (AvgIpc) is 3.00. The number of halogens is 1. The van der Waals surface area contributed by atoms with Crippen molar-refractivity contribution in [3.8, 4) is 0 Å². The van der Waals surface area contributed by atoms with E-state index in [-0.39, 0.29) is 18.2 Å². The minimum Gasteiger partial charge on any atom is -0.341 e. The summed E-state index contributed by atoms with van der Waals surface area (Å²) in [7, 11) is 3.81. The van der Waals surface area contributed by atoms with Crippen LogP contribution in [0.2, 0.25) is 0 Å². The van der Waals surface area contributed by atoms with Crippen LogP contribution in [0.5, 0.6) is 0 Å². The maximum Gasteiger partial charge on any atom is 0.230 e. The number of hydrogen-bond acceptors (Lipinski definition) is 3. The molecule has 0 radical (unpaired) electrons. The van der Waals surface area contributed by atoms with Crippen LogP contribution in [0.4, 0.5) is 10.1 Å². The van der Waals surface area contributed by atoms with Crippen molar-refractivity contribution in [2.75, 3.05) is 19.4 Å². The van der Waals surface area contributed by atoms with Crippen LogP contribution < -0.4 is 5.32 Å². The third-order valence-electron chi connectivity index (χ3n) is 5.30. The molecule has 140 valence electrons. The van der Waals surface area contributed by atoms with Crippen molar-refractivity contribution in [3.05, 3.63) is 64.5 Å². The van der Waals surface area contributed by atoms with Crippen molar-refractivity contribution in [2.24, 2.45) is 0 Å². The first-order valence-corrected chi connectivity index (χ1v) is 9.04. The highest BCUT2D eigenvalue weighted by atomic mass is 19.1. The van der Waals surface area contributed by atoms with Gasteiger partial charge in [-0.25, -0.2) is 4.39 Å². The number of nitrogens with zero attached hydrogens (tertiary/aromatic N) is 2.